The molecule has 0 saturated heterocycles. The van der Waals surface area contributed by atoms with Crippen LogP contribution in [-0.4, -0.2) is 37.3 Å². The molecule has 1 N–H and O–H groups in total. The molecule has 0 aromatic carbocycles. The molecule has 0 bridgehead atoms. The van der Waals surface area contributed by atoms with Gasteiger partial charge in [-0.1, -0.05) is 32.3 Å². The van der Waals surface area contributed by atoms with Crippen LogP contribution in [0.4, 0.5) is 0 Å². The second kappa shape index (κ2) is 7.86. The van der Waals surface area contributed by atoms with Crippen LogP contribution in [0, 0.1) is 6.92 Å². The fraction of sp³-hybridized carbons (Fsp3) is 0.632. The molecule has 6 nitrogen and oxygen atoms in total. The van der Waals surface area contributed by atoms with Gasteiger partial charge >= 0.3 is 0 Å². The van der Waals surface area contributed by atoms with E-state index < -0.39 is 10.8 Å². The minimum absolute atomic E-state index is 0.0580. The van der Waals surface area contributed by atoms with Crippen molar-refractivity contribution < 1.29 is 13.5 Å². The minimum atomic E-state index is -0.809. The predicted molar refractivity (Wildman–Crippen MR) is 103 cm³/mol. The van der Waals surface area contributed by atoms with E-state index in [2.05, 4.69) is 15.5 Å². The van der Waals surface area contributed by atoms with Crippen LogP contribution < -0.4 is 5.32 Å². The first-order chi connectivity index (χ1) is 12.4. The summed E-state index contributed by atoms with van der Waals surface area (Å²) >= 11 is 0. The summed E-state index contributed by atoms with van der Waals surface area (Å²) in [6, 6.07) is 1.90. The fourth-order valence-electron chi connectivity index (χ4n) is 3.60. The number of nitrogens with one attached hydrogen (secondary N) is 1. The number of aromatic nitrogens is 2. The molecule has 3 unspecified atom stereocenters. The average Bonchev–Trinajstić information content (AvgIpc) is 3.01. The van der Waals surface area contributed by atoms with Crippen LogP contribution in [0.15, 0.2) is 10.6 Å². The van der Waals surface area contributed by atoms with Gasteiger partial charge in [-0.2, -0.15) is 0 Å². The Kier molecular flexibility index (Phi) is 5.75. The SMILES string of the molecule is CCS(=O)C1CCCC(NC(=O)c2cc(C(C)C)nc3onc(C)c23)C1. The number of hydrogen-bond donors (Lipinski definition) is 1. The lowest BCUT2D eigenvalue weighted by atomic mass is 9.94. The molecule has 0 radical (unpaired) electrons. The average molecular weight is 378 g/mol. The van der Waals surface area contributed by atoms with Crippen molar-refractivity contribution in [2.45, 2.75) is 70.6 Å². The van der Waals surface area contributed by atoms with Gasteiger partial charge in [0.15, 0.2) is 0 Å². The third-order valence-corrected chi connectivity index (χ3v) is 6.83. The molecule has 1 fully saturated rings. The van der Waals surface area contributed by atoms with Crippen molar-refractivity contribution in [3.05, 3.63) is 23.0 Å². The Morgan fingerprint density at radius 1 is 1.42 bits per heavy atom. The minimum Gasteiger partial charge on any atom is -0.349 e. The van der Waals surface area contributed by atoms with Crippen LogP contribution >= 0.6 is 0 Å². The molecule has 1 aliphatic carbocycles. The zero-order valence-corrected chi connectivity index (χ0v) is 16.7. The van der Waals surface area contributed by atoms with Crippen molar-refractivity contribution in [2.75, 3.05) is 5.75 Å². The number of aryl methyl sites for hydroxylation is 1. The van der Waals surface area contributed by atoms with Crippen LogP contribution in [0.5, 0.6) is 0 Å². The molecule has 142 valence electrons. The second-order valence-corrected chi connectivity index (χ2v) is 9.33. The van der Waals surface area contributed by atoms with Crippen LogP contribution in [0.1, 0.15) is 74.1 Å². The van der Waals surface area contributed by atoms with Crippen molar-refractivity contribution in [1.82, 2.24) is 15.5 Å². The highest BCUT2D eigenvalue weighted by atomic mass is 32.2. The maximum atomic E-state index is 13.0. The van der Waals surface area contributed by atoms with Gasteiger partial charge in [-0.25, -0.2) is 4.98 Å². The van der Waals surface area contributed by atoms with Gasteiger partial charge in [0.25, 0.3) is 11.6 Å². The van der Waals surface area contributed by atoms with E-state index >= 15 is 0 Å². The van der Waals surface area contributed by atoms with E-state index in [4.69, 9.17) is 4.52 Å². The first kappa shape index (κ1) is 19.0. The predicted octanol–water partition coefficient (Wildman–Crippen LogP) is 3.46. The van der Waals surface area contributed by atoms with Crippen molar-refractivity contribution in [3.63, 3.8) is 0 Å². The van der Waals surface area contributed by atoms with E-state index in [0.717, 1.165) is 31.4 Å². The van der Waals surface area contributed by atoms with Crippen molar-refractivity contribution in [1.29, 1.82) is 0 Å². The van der Waals surface area contributed by atoms with Gasteiger partial charge in [0.05, 0.1) is 16.6 Å². The maximum Gasteiger partial charge on any atom is 0.259 e. The first-order valence-electron chi connectivity index (χ1n) is 9.35. The summed E-state index contributed by atoms with van der Waals surface area (Å²) in [6.45, 7) is 7.84. The third kappa shape index (κ3) is 3.82. The molecule has 26 heavy (non-hydrogen) atoms. The van der Waals surface area contributed by atoms with Crippen molar-refractivity contribution in [2.24, 2.45) is 0 Å². The lowest BCUT2D eigenvalue weighted by Gasteiger charge is -2.29. The van der Waals surface area contributed by atoms with E-state index in [9.17, 15) is 9.00 Å². The summed E-state index contributed by atoms with van der Waals surface area (Å²) in [5.74, 6) is 0.731. The molecule has 2 heterocycles. The Morgan fingerprint density at radius 2 is 2.19 bits per heavy atom. The number of hydrogen-bond acceptors (Lipinski definition) is 5. The third-order valence-electron chi connectivity index (χ3n) is 5.09. The smallest absolute Gasteiger partial charge is 0.259 e. The van der Waals surface area contributed by atoms with Crippen LogP contribution in [0.3, 0.4) is 0 Å². The second-order valence-electron chi connectivity index (χ2n) is 7.33. The van der Waals surface area contributed by atoms with Gasteiger partial charge in [-0.3, -0.25) is 9.00 Å². The Bertz CT molecular complexity index is 831. The molecule has 3 rings (SSSR count). The van der Waals surface area contributed by atoms with Crippen molar-refractivity contribution in [3.8, 4) is 0 Å². The zero-order chi connectivity index (χ0) is 18.8. The Labute approximate surface area is 156 Å². The highest BCUT2D eigenvalue weighted by Crippen LogP contribution is 2.27. The summed E-state index contributed by atoms with van der Waals surface area (Å²) in [5, 5.41) is 7.98. The molecular formula is C19H27N3O3S. The maximum absolute atomic E-state index is 13.0. The van der Waals surface area contributed by atoms with Crippen LogP contribution in [0.2, 0.25) is 0 Å². The molecular weight excluding hydrogens is 350 g/mol. The van der Waals surface area contributed by atoms with E-state index in [1.54, 1.807) is 0 Å². The van der Waals surface area contributed by atoms with E-state index in [1.807, 2.05) is 33.8 Å². The molecule has 7 heteroatoms. The summed E-state index contributed by atoms with van der Waals surface area (Å²) in [7, 11) is -0.809. The Morgan fingerprint density at radius 3 is 2.88 bits per heavy atom. The van der Waals surface area contributed by atoms with E-state index in [0.29, 0.717) is 28.1 Å². The Hall–Kier alpha value is -1.76. The fourth-order valence-corrected chi connectivity index (χ4v) is 4.95. The molecule has 1 amide bonds. The standard InChI is InChI=1S/C19H27N3O3S/c1-5-26(24)14-8-6-7-13(9-14)20-18(23)15-10-16(11(2)3)21-19-17(15)12(4)22-25-19/h10-11,13-14H,5-9H2,1-4H3,(H,20,23). The number of rotatable bonds is 5. The number of fused-ring (bicyclic) bond motifs is 1. The molecule has 1 aliphatic rings. The summed E-state index contributed by atoms with van der Waals surface area (Å²) in [4.78, 5) is 17.5. The lowest BCUT2D eigenvalue weighted by molar-refractivity contribution is 0.0929. The van der Waals surface area contributed by atoms with Crippen LogP contribution in [-0.2, 0) is 10.8 Å². The lowest BCUT2D eigenvalue weighted by Crippen LogP contribution is -2.41. The highest BCUT2D eigenvalue weighted by Gasteiger charge is 2.28. The summed E-state index contributed by atoms with van der Waals surface area (Å²) < 4.78 is 17.4. The first-order valence-corrected chi connectivity index (χ1v) is 10.7. The Balaban J connectivity index is 1.85. The molecule has 2 aromatic heterocycles. The quantitative estimate of drug-likeness (QED) is 0.862. The number of carbonyl (C=O) groups is 1. The van der Waals surface area contributed by atoms with Gasteiger partial charge < -0.3 is 9.84 Å². The largest absolute Gasteiger partial charge is 0.349 e. The molecule has 2 aromatic rings. The number of pyridine rings is 1. The monoisotopic (exact) mass is 377 g/mol. The number of carbonyl (C=O) groups excluding carboxylic acids is 1. The topological polar surface area (TPSA) is 85.1 Å². The molecule has 3 atom stereocenters. The summed E-state index contributed by atoms with van der Waals surface area (Å²) in [5.41, 5.74) is 2.46. The van der Waals surface area contributed by atoms with Gasteiger partial charge in [0.1, 0.15) is 0 Å². The molecule has 0 spiro atoms. The van der Waals surface area contributed by atoms with Crippen LogP contribution in [0.25, 0.3) is 11.1 Å². The summed E-state index contributed by atoms with van der Waals surface area (Å²) in [6.07, 6.45) is 3.68. The highest BCUT2D eigenvalue weighted by molar-refractivity contribution is 7.85. The molecule has 0 aliphatic heterocycles. The van der Waals surface area contributed by atoms with Gasteiger partial charge in [0, 0.05) is 33.5 Å². The van der Waals surface area contributed by atoms with Crippen molar-refractivity contribution >= 4 is 27.8 Å². The van der Waals surface area contributed by atoms with Gasteiger partial charge in [-0.05, 0) is 38.2 Å². The van der Waals surface area contributed by atoms with Gasteiger partial charge in [-0.15, -0.1) is 0 Å². The zero-order valence-electron chi connectivity index (χ0n) is 15.9. The normalized spacial score (nSPS) is 21.9. The van der Waals surface area contributed by atoms with Gasteiger partial charge in [0.2, 0.25) is 0 Å². The van der Waals surface area contributed by atoms with E-state index in [1.165, 1.54) is 0 Å². The molecule has 1 saturated carbocycles. The number of nitrogens with zero attached hydrogens (tertiary/aromatic N) is 2. The van der Waals surface area contributed by atoms with E-state index in [-0.39, 0.29) is 23.1 Å². The number of amides is 1.